The molecule has 0 fully saturated rings. The summed E-state index contributed by atoms with van der Waals surface area (Å²) in [5, 5.41) is 19.2. The molecule has 0 amide bonds. The van der Waals surface area contributed by atoms with E-state index in [1.165, 1.54) is 11.4 Å². The van der Waals surface area contributed by atoms with Crippen LogP contribution in [0.3, 0.4) is 0 Å². The molecule has 0 spiro atoms. The molecule has 0 atom stereocenters. The van der Waals surface area contributed by atoms with E-state index in [1.54, 1.807) is 13.8 Å². The van der Waals surface area contributed by atoms with Gasteiger partial charge in [0.25, 0.3) is 0 Å². The Morgan fingerprint density at radius 3 is 2.61 bits per heavy atom. The molecular weight excluding hydrogens is 278 g/mol. The summed E-state index contributed by atoms with van der Waals surface area (Å²) in [5.74, 6) is -1.27. The van der Waals surface area contributed by atoms with E-state index in [9.17, 15) is 13.2 Å². The highest BCUT2D eigenvalue weighted by molar-refractivity contribution is 7.89. The third-order valence-electron chi connectivity index (χ3n) is 2.26. The highest BCUT2D eigenvalue weighted by Gasteiger charge is 2.29. The maximum absolute atomic E-state index is 12.1. The van der Waals surface area contributed by atoms with E-state index in [1.807, 2.05) is 0 Å². The number of aliphatic hydroxyl groups excluding tert-OH is 1. The van der Waals surface area contributed by atoms with Crippen molar-refractivity contribution < 1.29 is 23.4 Å². The number of hydrogen-bond donors (Lipinski definition) is 3. The summed E-state index contributed by atoms with van der Waals surface area (Å²) in [5.41, 5.74) is -0.842. The van der Waals surface area contributed by atoms with Crippen molar-refractivity contribution in [1.29, 1.82) is 0 Å². The van der Waals surface area contributed by atoms with Crippen LogP contribution in [0.1, 0.15) is 29.9 Å². The van der Waals surface area contributed by atoms with E-state index in [0.29, 0.717) is 0 Å². The lowest BCUT2D eigenvalue weighted by molar-refractivity contribution is 0.0698. The van der Waals surface area contributed by atoms with E-state index < -0.39 is 21.5 Å². The first-order valence-corrected chi connectivity index (χ1v) is 7.51. The first-order chi connectivity index (χ1) is 8.19. The smallest absolute Gasteiger partial charge is 0.347 e. The molecule has 102 valence electrons. The van der Waals surface area contributed by atoms with Crippen molar-refractivity contribution in [2.45, 2.75) is 30.7 Å². The van der Waals surface area contributed by atoms with Gasteiger partial charge in [0.15, 0.2) is 0 Å². The van der Waals surface area contributed by atoms with E-state index >= 15 is 0 Å². The number of carboxylic acid groups (broad SMARTS) is 1. The minimum Gasteiger partial charge on any atom is -0.477 e. The van der Waals surface area contributed by atoms with Crippen LogP contribution in [0.25, 0.3) is 0 Å². The van der Waals surface area contributed by atoms with Gasteiger partial charge in [-0.1, -0.05) is 0 Å². The maximum Gasteiger partial charge on any atom is 0.347 e. The van der Waals surface area contributed by atoms with Crippen molar-refractivity contribution in [3.05, 3.63) is 16.3 Å². The minimum atomic E-state index is -3.90. The van der Waals surface area contributed by atoms with Gasteiger partial charge >= 0.3 is 5.97 Å². The predicted molar refractivity (Wildman–Crippen MR) is 67.4 cm³/mol. The SMILES string of the molecule is CC(C)(CCO)NS(=O)(=O)c1ccsc1C(=O)O. The average Bonchev–Trinajstić information content (AvgIpc) is 2.63. The number of carbonyl (C=O) groups is 1. The summed E-state index contributed by atoms with van der Waals surface area (Å²) in [6, 6.07) is 1.26. The van der Waals surface area contributed by atoms with Gasteiger partial charge in [0.05, 0.1) is 0 Å². The zero-order valence-corrected chi connectivity index (χ0v) is 11.6. The van der Waals surface area contributed by atoms with E-state index in [4.69, 9.17) is 10.2 Å². The Morgan fingerprint density at radius 2 is 2.11 bits per heavy atom. The van der Waals surface area contributed by atoms with E-state index in [2.05, 4.69) is 4.72 Å². The van der Waals surface area contributed by atoms with Crippen LogP contribution in [0.4, 0.5) is 0 Å². The zero-order valence-electron chi connectivity index (χ0n) is 10.0. The molecule has 1 rings (SSSR count). The molecular formula is C10H15NO5S2. The fraction of sp³-hybridized carbons (Fsp3) is 0.500. The molecule has 1 heterocycles. The second-order valence-electron chi connectivity index (χ2n) is 4.38. The van der Waals surface area contributed by atoms with Gasteiger partial charge in [0, 0.05) is 12.1 Å². The van der Waals surface area contributed by atoms with Crippen LogP contribution in [0.5, 0.6) is 0 Å². The van der Waals surface area contributed by atoms with Gasteiger partial charge in [-0.3, -0.25) is 0 Å². The molecule has 0 unspecified atom stereocenters. The molecule has 0 aliphatic carbocycles. The van der Waals surface area contributed by atoms with Crippen LogP contribution < -0.4 is 4.72 Å². The molecule has 0 aliphatic rings. The largest absolute Gasteiger partial charge is 0.477 e. The molecule has 18 heavy (non-hydrogen) atoms. The fourth-order valence-electron chi connectivity index (χ4n) is 1.41. The van der Waals surface area contributed by atoms with Gasteiger partial charge < -0.3 is 10.2 Å². The molecule has 0 aliphatic heterocycles. The van der Waals surface area contributed by atoms with Gasteiger partial charge in [-0.05, 0) is 31.7 Å². The second kappa shape index (κ2) is 5.35. The minimum absolute atomic E-state index is 0.162. The third kappa shape index (κ3) is 3.52. The number of rotatable bonds is 6. The summed E-state index contributed by atoms with van der Waals surface area (Å²) in [6.45, 7) is 3.08. The van der Waals surface area contributed by atoms with Crippen molar-refractivity contribution >= 4 is 27.3 Å². The van der Waals surface area contributed by atoms with Crippen molar-refractivity contribution in [1.82, 2.24) is 4.72 Å². The molecule has 1 aromatic rings. The molecule has 0 radical (unpaired) electrons. The molecule has 6 nitrogen and oxygen atoms in total. The number of hydrogen-bond acceptors (Lipinski definition) is 5. The summed E-state index contributed by atoms with van der Waals surface area (Å²) < 4.78 is 26.5. The first kappa shape index (κ1) is 15.1. The highest BCUT2D eigenvalue weighted by Crippen LogP contribution is 2.23. The topological polar surface area (TPSA) is 104 Å². The Morgan fingerprint density at radius 1 is 1.50 bits per heavy atom. The molecule has 0 saturated heterocycles. The molecule has 8 heteroatoms. The zero-order chi connectivity index (χ0) is 14.0. The fourth-order valence-corrected chi connectivity index (χ4v) is 4.12. The third-order valence-corrected chi connectivity index (χ3v) is 5.03. The molecule has 0 saturated carbocycles. The van der Waals surface area contributed by atoms with Crippen LogP contribution in [0.2, 0.25) is 0 Å². The Kier molecular flexibility index (Phi) is 4.49. The summed E-state index contributed by atoms with van der Waals surface area (Å²) in [4.78, 5) is 10.4. The molecule has 0 aromatic carbocycles. The number of nitrogens with one attached hydrogen (secondary N) is 1. The number of thiophene rings is 1. The lowest BCUT2D eigenvalue weighted by atomic mass is 10.0. The monoisotopic (exact) mass is 293 g/mol. The molecule has 0 bridgehead atoms. The number of carboxylic acids is 1. The van der Waals surface area contributed by atoms with Gasteiger partial charge in [0.1, 0.15) is 9.77 Å². The maximum atomic E-state index is 12.1. The van der Waals surface area contributed by atoms with E-state index in [-0.39, 0.29) is 22.8 Å². The number of aromatic carboxylic acids is 1. The average molecular weight is 293 g/mol. The van der Waals surface area contributed by atoms with Crippen LogP contribution in [-0.4, -0.2) is 36.7 Å². The van der Waals surface area contributed by atoms with Gasteiger partial charge in [-0.2, -0.15) is 0 Å². The second-order valence-corrected chi connectivity index (χ2v) is 6.95. The Hall–Kier alpha value is -0.960. The Labute approximate surface area is 109 Å². The van der Waals surface area contributed by atoms with Crippen molar-refractivity contribution in [2.24, 2.45) is 0 Å². The van der Waals surface area contributed by atoms with E-state index in [0.717, 1.165) is 11.3 Å². The standard InChI is InChI=1S/C10H15NO5S2/c1-10(2,4-5-12)11-18(15,16)7-3-6-17-8(7)9(13)14/h3,6,11-12H,4-5H2,1-2H3,(H,13,14). The normalized spacial score (nSPS) is 12.6. The van der Waals surface area contributed by atoms with Crippen molar-refractivity contribution in [2.75, 3.05) is 6.61 Å². The Bertz CT molecular complexity index is 532. The molecule has 1 aromatic heterocycles. The highest BCUT2D eigenvalue weighted by atomic mass is 32.2. The lowest BCUT2D eigenvalue weighted by Crippen LogP contribution is -2.44. The van der Waals surface area contributed by atoms with Gasteiger partial charge in [0.2, 0.25) is 10.0 Å². The summed E-state index contributed by atoms with van der Waals surface area (Å²) in [7, 11) is -3.90. The van der Waals surface area contributed by atoms with Crippen molar-refractivity contribution in [3.8, 4) is 0 Å². The lowest BCUT2D eigenvalue weighted by Gasteiger charge is -2.24. The predicted octanol–water partition coefficient (Wildman–Crippen LogP) is 0.886. The molecule has 3 N–H and O–H groups in total. The summed E-state index contributed by atoms with van der Waals surface area (Å²) in [6.07, 6.45) is 0.235. The van der Waals surface area contributed by atoms with Crippen molar-refractivity contribution in [3.63, 3.8) is 0 Å². The quantitative estimate of drug-likeness (QED) is 0.722. The number of sulfonamides is 1. The Balaban J connectivity index is 3.07. The van der Waals surface area contributed by atoms with Gasteiger partial charge in [-0.15, -0.1) is 11.3 Å². The van der Waals surface area contributed by atoms with Crippen LogP contribution in [0, 0.1) is 0 Å². The first-order valence-electron chi connectivity index (χ1n) is 5.15. The van der Waals surface area contributed by atoms with Crippen LogP contribution >= 0.6 is 11.3 Å². The van der Waals surface area contributed by atoms with Crippen LogP contribution in [0.15, 0.2) is 16.3 Å². The van der Waals surface area contributed by atoms with Crippen LogP contribution in [-0.2, 0) is 10.0 Å². The summed E-state index contributed by atoms with van der Waals surface area (Å²) >= 11 is 0.856. The van der Waals surface area contributed by atoms with Gasteiger partial charge in [-0.25, -0.2) is 17.9 Å². The number of aliphatic hydroxyl groups is 1.